The predicted molar refractivity (Wildman–Crippen MR) is 94.6 cm³/mol. The minimum absolute atomic E-state index is 0.0141. The van der Waals surface area contributed by atoms with Gasteiger partial charge < -0.3 is 15.5 Å². The number of aliphatic imine (C=N–C) groups is 1. The second-order valence-corrected chi connectivity index (χ2v) is 7.49. The summed E-state index contributed by atoms with van der Waals surface area (Å²) in [6.07, 6.45) is 0. The van der Waals surface area contributed by atoms with E-state index < -0.39 is 5.41 Å². The highest BCUT2D eigenvalue weighted by molar-refractivity contribution is 7.16. The van der Waals surface area contributed by atoms with Crippen LogP contribution in [0.2, 0.25) is 4.34 Å². The molecule has 0 atom stereocenters. The molecule has 0 fully saturated rings. The lowest BCUT2D eigenvalue weighted by Gasteiger charge is -2.24. The second kappa shape index (κ2) is 8.39. The lowest BCUT2D eigenvalue weighted by atomic mass is 9.93. The summed E-state index contributed by atoms with van der Waals surface area (Å²) in [6, 6.07) is 3.91. The van der Waals surface area contributed by atoms with Crippen LogP contribution in [0.25, 0.3) is 0 Å². The number of hydrogen-bond donors (Lipinski definition) is 2. The summed E-state index contributed by atoms with van der Waals surface area (Å²) in [4.78, 5) is 19.6. The van der Waals surface area contributed by atoms with E-state index in [1.54, 1.807) is 18.4 Å². The summed E-state index contributed by atoms with van der Waals surface area (Å²) in [5.74, 6) is 0.767. The van der Waals surface area contributed by atoms with E-state index in [9.17, 15) is 4.79 Å². The fraction of sp³-hybridized carbons (Fsp3) is 0.600. The maximum Gasteiger partial charge on any atom is 0.227 e. The molecule has 1 rings (SSSR count). The van der Waals surface area contributed by atoms with Gasteiger partial charge in [0, 0.05) is 25.5 Å². The number of nitrogens with one attached hydrogen (secondary N) is 2. The van der Waals surface area contributed by atoms with Crippen LogP contribution in [-0.2, 0) is 11.3 Å². The van der Waals surface area contributed by atoms with Gasteiger partial charge in [0.05, 0.1) is 22.8 Å². The quantitative estimate of drug-likeness (QED) is 0.616. The Morgan fingerprint density at radius 3 is 2.64 bits per heavy atom. The first-order valence-electron chi connectivity index (χ1n) is 7.26. The van der Waals surface area contributed by atoms with Crippen LogP contribution in [0.15, 0.2) is 17.1 Å². The number of hydrogen-bond acceptors (Lipinski definition) is 3. The van der Waals surface area contributed by atoms with Gasteiger partial charge in [-0.3, -0.25) is 9.79 Å². The van der Waals surface area contributed by atoms with Gasteiger partial charge in [0.1, 0.15) is 0 Å². The number of rotatable bonds is 6. The third-order valence-corrected chi connectivity index (χ3v) is 4.40. The van der Waals surface area contributed by atoms with E-state index >= 15 is 0 Å². The number of nitrogens with zero attached hydrogens (tertiary/aromatic N) is 2. The fourth-order valence-electron chi connectivity index (χ4n) is 1.90. The van der Waals surface area contributed by atoms with E-state index in [4.69, 9.17) is 11.6 Å². The number of carbonyl (C=O) groups is 1. The average molecular weight is 345 g/mol. The van der Waals surface area contributed by atoms with E-state index in [0.717, 1.165) is 23.4 Å². The Balaban J connectivity index is 2.78. The van der Waals surface area contributed by atoms with Gasteiger partial charge in [-0.1, -0.05) is 11.6 Å². The van der Waals surface area contributed by atoms with Crippen molar-refractivity contribution >= 4 is 34.8 Å². The Morgan fingerprint density at radius 2 is 2.14 bits per heavy atom. The molecule has 0 radical (unpaired) electrons. The standard InChI is InChI=1S/C15H25ClN4OS/c1-6-18-14(19-10-15(2,3)13(21)17-4)20(5)9-11-7-8-12(16)22-11/h7-8H,6,9-10H2,1-5H3,(H,17,21)(H,18,19). The molecule has 1 aromatic heterocycles. The van der Waals surface area contributed by atoms with E-state index in [-0.39, 0.29) is 5.91 Å². The van der Waals surface area contributed by atoms with Crippen LogP contribution in [0.4, 0.5) is 0 Å². The zero-order chi connectivity index (χ0) is 16.8. The van der Waals surface area contributed by atoms with Gasteiger partial charge in [-0.05, 0) is 32.9 Å². The van der Waals surface area contributed by atoms with Gasteiger partial charge in [0.25, 0.3) is 0 Å². The maximum atomic E-state index is 11.8. The van der Waals surface area contributed by atoms with Crippen LogP contribution >= 0.6 is 22.9 Å². The van der Waals surface area contributed by atoms with Crippen molar-refractivity contribution in [2.45, 2.75) is 27.3 Å². The van der Waals surface area contributed by atoms with E-state index in [1.165, 1.54) is 4.88 Å². The topological polar surface area (TPSA) is 56.7 Å². The first-order valence-corrected chi connectivity index (χ1v) is 8.45. The first kappa shape index (κ1) is 18.8. The molecule has 1 amide bonds. The van der Waals surface area contributed by atoms with Crippen molar-refractivity contribution in [3.05, 3.63) is 21.3 Å². The van der Waals surface area contributed by atoms with Gasteiger partial charge in [0.2, 0.25) is 5.91 Å². The molecular formula is C15H25ClN4OS. The molecule has 0 aromatic carbocycles. The minimum atomic E-state index is -0.539. The Bertz CT molecular complexity index is 527. The molecule has 0 aliphatic heterocycles. The summed E-state index contributed by atoms with van der Waals surface area (Å²) in [5, 5.41) is 5.93. The molecule has 1 aromatic rings. The van der Waals surface area contributed by atoms with Crippen LogP contribution in [0.5, 0.6) is 0 Å². The Labute approximate surface area is 141 Å². The third-order valence-electron chi connectivity index (χ3n) is 3.18. The molecule has 22 heavy (non-hydrogen) atoms. The van der Waals surface area contributed by atoms with Crippen LogP contribution in [-0.4, -0.2) is 44.0 Å². The lowest BCUT2D eigenvalue weighted by molar-refractivity contribution is -0.128. The molecule has 2 N–H and O–H groups in total. The summed E-state index contributed by atoms with van der Waals surface area (Å²) in [5.41, 5.74) is -0.539. The normalized spacial score (nSPS) is 12.2. The van der Waals surface area contributed by atoms with E-state index in [2.05, 4.69) is 15.6 Å². The molecule has 124 valence electrons. The van der Waals surface area contributed by atoms with Crippen molar-refractivity contribution in [2.24, 2.45) is 10.4 Å². The van der Waals surface area contributed by atoms with E-state index in [0.29, 0.717) is 6.54 Å². The number of guanidine groups is 1. The fourth-order valence-corrected chi connectivity index (χ4v) is 3.04. The second-order valence-electron chi connectivity index (χ2n) is 5.70. The highest BCUT2D eigenvalue weighted by Crippen LogP contribution is 2.22. The summed E-state index contributed by atoms with van der Waals surface area (Å²) < 4.78 is 0.783. The van der Waals surface area contributed by atoms with Crippen molar-refractivity contribution < 1.29 is 4.79 Å². The molecular weight excluding hydrogens is 320 g/mol. The zero-order valence-corrected chi connectivity index (χ0v) is 15.4. The van der Waals surface area contributed by atoms with Crippen molar-refractivity contribution in [1.82, 2.24) is 15.5 Å². The monoisotopic (exact) mass is 344 g/mol. The van der Waals surface area contributed by atoms with Crippen LogP contribution in [0.1, 0.15) is 25.6 Å². The highest BCUT2D eigenvalue weighted by Gasteiger charge is 2.26. The largest absolute Gasteiger partial charge is 0.359 e. The molecule has 0 bridgehead atoms. The number of carbonyl (C=O) groups excluding carboxylic acids is 1. The average Bonchev–Trinajstić information content (AvgIpc) is 2.87. The smallest absolute Gasteiger partial charge is 0.227 e. The van der Waals surface area contributed by atoms with Crippen LogP contribution < -0.4 is 10.6 Å². The summed E-state index contributed by atoms with van der Waals surface area (Å²) in [6.45, 7) is 7.72. The third kappa shape index (κ3) is 5.50. The molecule has 5 nitrogen and oxygen atoms in total. The first-order chi connectivity index (χ1) is 10.3. The Hall–Kier alpha value is -1.27. The van der Waals surface area contributed by atoms with Gasteiger partial charge in [0.15, 0.2) is 5.96 Å². The van der Waals surface area contributed by atoms with Gasteiger partial charge >= 0.3 is 0 Å². The minimum Gasteiger partial charge on any atom is -0.359 e. The molecule has 7 heteroatoms. The van der Waals surface area contributed by atoms with Crippen molar-refractivity contribution in [3.63, 3.8) is 0 Å². The van der Waals surface area contributed by atoms with Crippen molar-refractivity contribution in [2.75, 3.05) is 27.2 Å². The van der Waals surface area contributed by atoms with Gasteiger partial charge in [-0.15, -0.1) is 11.3 Å². The van der Waals surface area contributed by atoms with Gasteiger partial charge in [-0.25, -0.2) is 0 Å². The van der Waals surface area contributed by atoms with E-state index in [1.807, 2.05) is 44.9 Å². The predicted octanol–water partition coefficient (Wildman–Crippen LogP) is 2.57. The molecule has 0 saturated carbocycles. The maximum absolute atomic E-state index is 11.8. The van der Waals surface area contributed by atoms with Crippen LogP contribution in [0.3, 0.4) is 0 Å². The molecule has 1 heterocycles. The molecule has 0 spiro atoms. The molecule has 0 aliphatic carbocycles. The van der Waals surface area contributed by atoms with Gasteiger partial charge in [-0.2, -0.15) is 0 Å². The molecule has 0 aliphatic rings. The number of thiophene rings is 1. The lowest BCUT2D eigenvalue weighted by Crippen LogP contribution is -2.41. The van der Waals surface area contributed by atoms with Crippen LogP contribution in [0, 0.1) is 5.41 Å². The highest BCUT2D eigenvalue weighted by atomic mass is 35.5. The Morgan fingerprint density at radius 1 is 1.45 bits per heavy atom. The van der Waals surface area contributed by atoms with Crippen molar-refractivity contribution in [3.8, 4) is 0 Å². The number of amides is 1. The number of halogens is 1. The molecule has 0 unspecified atom stereocenters. The molecule has 0 saturated heterocycles. The summed E-state index contributed by atoms with van der Waals surface area (Å²) >= 11 is 7.53. The zero-order valence-electron chi connectivity index (χ0n) is 13.9. The SMILES string of the molecule is CCNC(=NCC(C)(C)C(=O)NC)N(C)Cc1ccc(Cl)s1. The summed E-state index contributed by atoms with van der Waals surface area (Å²) in [7, 11) is 3.62. The Kier molecular flexibility index (Phi) is 7.16. The van der Waals surface area contributed by atoms with Crippen molar-refractivity contribution in [1.29, 1.82) is 0 Å².